The van der Waals surface area contributed by atoms with E-state index in [9.17, 15) is 31.1 Å². The third-order valence-corrected chi connectivity index (χ3v) is 4.05. The van der Waals surface area contributed by atoms with Crippen LogP contribution in [0.4, 0.5) is 32.0 Å². The third-order valence-electron chi connectivity index (χ3n) is 4.05. The highest BCUT2D eigenvalue weighted by molar-refractivity contribution is 5.95. The van der Waals surface area contributed by atoms with Crippen molar-refractivity contribution in [3.05, 3.63) is 41.7 Å². The van der Waals surface area contributed by atoms with E-state index in [1.807, 2.05) is 0 Å². The molecule has 1 atom stereocenters. The van der Waals surface area contributed by atoms with Crippen molar-refractivity contribution in [2.45, 2.75) is 31.2 Å². The molecule has 0 spiro atoms. The topological polar surface area (TPSA) is 59.0 Å². The van der Waals surface area contributed by atoms with Crippen LogP contribution in [-0.2, 0) is 17.1 Å². The quantitative estimate of drug-likeness (QED) is 0.785. The minimum Gasteiger partial charge on any atom is -0.325 e. The van der Waals surface area contributed by atoms with Gasteiger partial charge in [0.15, 0.2) is 5.69 Å². The average molecular weight is 392 g/mol. The molecule has 146 valence electrons. The lowest BCUT2D eigenvalue weighted by Gasteiger charge is -2.13. The van der Waals surface area contributed by atoms with E-state index in [4.69, 9.17) is 0 Å². The lowest BCUT2D eigenvalue weighted by Crippen LogP contribution is -2.35. The highest BCUT2D eigenvalue weighted by Gasteiger charge is 2.42. The number of carbonyl (C=O) groups is 1. The summed E-state index contributed by atoms with van der Waals surface area (Å²) in [6.07, 6.45) is -8.49. The van der Waals surface area contributed by atoms with E-state index in [0.717, 1.165) is 25.1 Å². The van der Waals surface area contributed by atoms with Gasteiger partial charge in [-0.1, -0.05) is 0 Å². The summed E-state index contributed by atoms with van der Waals surface area (Å²) in [5.41, 5.74) is -3.08. The van der Waals surface area contributed by atoms with Gasteiger partial charge >= 0.3 is 12.4 Å². The van der Waals surface area contributed by atoms with E-state index in [2.05, 4.69) is 15.7 Å². The number of hydrogen-bond donors (Lipinski definition) is 2. The first kappa shape index (κ1) is 19.2. The van der Waals surface area contributed by atoms with Crippen LogP contribution in [-0.4, -0.2) is 28.3 Å². The van der Waals surface area contributed by atoms with Gasteiger partial charge in [0.2, 0.25) is 5.91 Å². The summed E-state index contributed by atoms with van der Waals surface area (Å²) in [5, 5.41) is 8.65. The molecule has 1 aromatic carbocycles. The van der Waals surface area contributed by atoms with Gasteiger partial charge in [0, 0.05) is 11.8 Å². The number of aromatic nitrogens is 2. The molecule has 1 aliphatic rings. The number of rotatable bonds is 3. The Kier molecular flexibility index (Phi) is 4.89. The second kappa shape index (κ2) is 6.87. The first-order valence-electron chi connectivity index (χ1n) is 7.95. The molecule has 5 nitrogen and oxygen atoms in total. The summed E-state index contributed by atoms with van der Waals surface area (Å²) >= 11 is 0. The number of halogens is 6. The van der Waals surface area contributed by atoms with Crippen molar-refractivity contribution in [2.75, 3.05) is 11.9 Å². The summed E-state index contributed by atoms with van der Waals surface area (Å²) < 4.78 is 77.6. The van der Waals surface area contributed by atoms with Crippen LogP contribution in [0.15, 0.2) is 30.3 Å². The van der Waals surface area contributed by atoms with E-state index < -0.39 is 23.7 Å². The number of alkyl halides is 6. The minimum absolute atomic E-state index is 0.0402. The second-order valence-electron chi connectivity index (χ2n) is 6.01. The molecule has 1 aliphatic heterocycles. The van der Waals surface area contributed by atoms with Crippen molar-refractivity contribution in [1.29, 1.82) is 0 Å². The van der Waals surface area contributed by atoms with E-state index in [-0.39, 0.29) is 28.4 Å². The zero-order valence-corrected chi connectivity index (χ0v) is 13.7. The molecule has 11 heteroatoms. The molecule has 0 aliphatic carbocycles. The van der Waals surface area contributed by atoms with Crippen LogP contribution >= 0.6 is 0 Å². The number of nitrogens with one attached hydrogen (secondary N) is 2. The normalized spacial score (nSPS) is 17.9. The van der Waals surface area contributed by atoms with Gasteiger partial charge in [0.1, 0.15) is 5.69 Å². The maximum atomic E-state index is 13.1. The van der Waals surface area contributed by atoms with Gasteiger partial charge in [-0.3, -0.25) is 4.79 Å². The van der Waals surface area contributed by atoms with Crippen molar-refractivity contribution in [1.82, 2.24) is 15.1 Å². The van der Waals surface area contributed by atoms with Gasteiger partial charge in [-0.05, 0) is 43.7 Å². The zero-order chi connectivity index (χ0) is 19.8. The molecule has 1 unspecified atom stereocenters. The Balaban J connectivity index is 1.86. The summed E-state index contributed by atoms with van der Waals surface area (Å²) in [4.78, 5) is 12.0. The van der Waals surface area contributed by atoms with Crippen molar-refractivity contribution < 1.29 is 31.1 Å². The summed E-state index contributed by atoms with van der Waals surface area (Å²) in [5.74, 6) is -0.283. The van der Waals surface area contributed by atoms with Crippen molar-refractivity contribution in [2.24, 2.45) is 0 Å². The SMILES string of the molecule is O=C(Nc1ccc(-n2nc(C(F)(F)F)cc2C(F)(F)F)cc1)C1CCCN1. The highest BCUT2D eigenvalue weighted by Crippen LogP contribution is 2.36. The second-order valence-corrected chi connectivity index (χ2v) is 6.01. The molecule has 0 bridgehead atoms. The molecule has 0 saturated carbocycles. The molecule has 0 radical (unpaired) electrons. The van der Waals surface area contributed by atoms with Crippen molar-refractivity contribution in [3.63, 3.8) is 0 Å². The maximum Gasteiger partial charge on any atom is 0.435 e. The number of benzene rings is 1. The van der Waals surface area contributed by atoms with Crippen molar-refractivity contribution in [3.8, 4) is 5.69 Å². The van der Waals surface area contributed by atoms with Crippen LogP contribution in [0.3, 0.4) is 0 Å². The van der Waals surface area contributed by atoms with Gasteiger partial charge in [-0.15, -0.1) is 0 Å². The first-order valence-corrected chi connectivity index (χ1v) is 7.95. The lowest BCUT2D eigenvalue weighted by atomic mass is 10.2. The van der Waals surface area contributed by atoms with Gasteiger partial charge in [-0.25, -0.2) is 4.68 Å². The van der Waals surface area contributed by atoms with Crippen LogP contribution in [0, 0.1) is 0 Å². The lowest BCUT2D eigenvalue weighted by molar-refractivity contribution is -0.143. The number of nitrogens with zero attached hydrogens (tertiary/aromatic N) is 2. The van der Waals surface area contributed by atoms with Gasteiger partial charge < -0.3 is 10.6 Å². The first-order chi connectivity index (χ1) is 12.6. The van der Waals surface area contributed by atoms with Crippen LogP contribution in [0.1, 0.15) is 24.2 Å². The Morgan fingerprint density at radius 1 is 1.11 bits per heavy atom. The Hall–Kier alpha value is -2.56. The Bertz CT molecular complexity index is 819. The van der Waals surface area contributed by atoms with E-state index in [0.29, 0.717) is 12.1 Å². The molecule has 3 rings (SSSR count). The largest absolute Gasteiger partial charge is 0.435 e. The minimum atomic E-state index is -5.02. The predicted molar refractivity (Wildman–Crippen MR) is 83.2 cm³/mol. The molecule has 1 aromatic heterocycles. The summed E-state index contributed by atoms with van der Waals surface area (Å²) in [6.45, 7) is 0.720. The molecule has 2 heterocycles. The summed E-state index contributed by atoms with van der Waals surface area (Å²) in [7, 11) is 0. The van der Waals surface area contributed by atoms with E-state index in [1.165, 1.54) is 12.1 Å². The average Bonchev–Trinajstić information content (AvgIpc) is 3.24. The van der Waals surface area contributed by atoms with Crippen molar-refractivity contribution >= 4 is 11.6 Å². The van der Waals surface area contributed by atoms with E-state index in [1.54, 1.807) is 0 Å². The molecular formula is C16H14F6N4O. The van der Waals surface area contributed by atoms with Crippen LogP contribution < -0.4 is 10.6 Å². The highest BCUT2D eigenvalue weighted by atomic mass is 19.4. The van der Waals surface area contributed by atoms with Gasteiger partial charge in [0.25, 0.3) is 0 Å². The van der Waals surface area contributed by atoms with Crippen LogP contribution in [0.25, 0.3) is 5.69 Å². The molecule has 1 fully saturated rings. The molecular weight excluding hydrogens is 378 g/mol. The van der Waals surface area contributed by atoms with Gasteiger partial charge in [-0.2, -0.15) is 31.4 Å². The molecule has 1 amide bonds. The maximum absolute atomic E-state index is 13.1. The smallest absolute Gasteiger partial charge is 0.325 e. The third kappa shape index (κ3) is 4.24. The summed E-state index contributed by atoms with van der Waals surface area (Å²) in [6, 6.07) is 4.53. The number of anilines is 1. The molecule has 2 N–H and O–H groups in total. The molecule has 27 heavy (non-hydrogen) atoms. The van der Waals surface area contributed by atoms with Gasteiger partial charge in [0.05, 0.1) is 11.7 Å². The molecule has 1 saturated heterocycles. The predicted octanol–water partition coefficient (Wildman–Crippen LogP) is 3.60. The monoisotopic (exact) mass is 392 g/mol. The fourth-order valence-corrected chi connectivity index (χ4v) is 2.74. The number of carbonyl (C=O) groups excluding carboxylic acids is 1. The van der Waals surface area contributed by atoms with Crippen LogP contribution in [0.5, 0.6) is 0 Å². The zero-order valence-electron chi connectivity index (χ0n) is 13.7. The van der Waals surface area contributed by atoms with E-state index >= 15 is 0 Å². The standard InChI is InChI=1S/C16H14F6N4O/c17-15(18,19)12-8-13(16(20,21)22)26(25-12)10-5-3-9(4-6-10)24-14(27)11-2-1-7-23-11/h3-6,8,11,23H,1-2,7H2,(H,24,27). The Morgan fingerprint density at radius 3 is 2.30 bits per heavy atom. The Labute approximate surface area is 149 Å². The van der Waals surface area contributed by atoms with Crippen LogP contribution in [0.2, 0.25) is 0 Å². The fourth-order valence-electron chi connectivity index (χ4n) is 2.74. The fraction of sp³-hybridized carbons (Fsp3) is 0.375. The Morgan fingerprint density at radius 2 is 1.78 bits per heavy atom. The number of hydrogen-bond acceptors (Lipinski definition) is 3. The number of amides is 1. The molecule has 2 aromatic rings.